The summed E-state index contributed by atoms with van der Waals surface area (Å²) in [6.45, 7) is 4.88. The molecule has 6 nitrogen and oxygen atoms in total. The van der Waals surface area contributed by atoms with Crippen molar-refractivity contribution < 1.29 is 19.2 Å². The van der Waals surface area contributed by atoms with Gasteiger partial charge in [0.2, 0.25) is 0 Å². The number of oxime groups is 1. The zero-order valence-corrected chi connectivity index (χ0v) is 15.5. The summed E-state index contributed by atoms with van der Waals surface area (Å²) in [4.78, 5) is 31.5. The Morgan fingerprint density at radius 2 is 1.96 bits per heavy atom. The summed E-state index contributed by atoms with van der Waals surface area (Å²) in [5, 5.41) is 3.57. The van der Waals surface area contributed by atoms with Gasteiger partial charge in [-0.25, -0.2) is 4.79 Å². The van der Waals surface area contributed by atoms with Crippen molar-refractivity contribution in [2.45, 2.75) is 25.2 Å². The number of ketones is 1. The molecule has 1 aliphatic carbocycles. The Bertz CT molecular complexity index is 761. The fourth-order valence-corrected chi connectivity index (χ4v) is 3.20. The van der Waals surface area contributed by atoms with Crippen LogP contribution in [0.3, 0.4) is 0 Å². The molecule has 1 saturated heterocycles. The first-order valence-electron chi connectivity index (χ1n) is 9.21. The van der Waals surface area contributed by atoms with Crippen molar-refractivity contribution >= 4 is 23.7 Å². The van der Waals surface area contributed by atoms with E-state index in [2.05, 4.69) is 10.1 Å². The van der Waals surface area contributed by atoms with Gasteiger partial charge in [-0.1, -0.05) is 48.5 Å². The minimum atomic E-state index is -0.940. The zero-order valence-electron chi connectivity index (χ0n) is 15.5. The monoisotopic (exact) mass is 368 g/mol. The second-order valence-electron chi connectivity index (χ2n) is 6.54. The van der Waals surface area contributed by atoms with E-state index in [9.17, 15) is 9.59 Å². The van der Waals surface area contributed by atoms with Crippen molar-refractivity contribution in [2.24, 2.45) is 5.16 Å². The van der Waals surface area contributed by atoms with E-state index in [-0.39, 0.29) is 5.78 Å². The van der Waals surface area contributed by atoms with E-state index in [4.69, 9.17) is 9.57 Å². The summed E-state index contributed by atoms with van der Waals surface area (Å²) >= 11 is 0. The maximum absolute atomic E-state index is 12.8. The highest BCUT2D eigenvalue weighted by molar-refractivity contribution is 6.27. The molecule has 0 aromatic heterocycles. The number of anilines is 1. The normalized spacial score (nSPS) is 22.2. The number of benzene rings is 1. The van der Waals surface area contributed by atoms with Gasteiger partial charge < -0.3 is 14.5 Å². The smallest absolute Gasteiger partial charge is 0.349 e. The van der Waals surface area contributed by atoms with Gasteiger partial charge in [0, 0.05) is 25.2 Å². The number of hydrogen-bond donors (Lipinski definition) is 0. The third-order valence-electron chi connectivity index (χ3n) is 4.87. The largest absolute Gasteiger partial charge is 0.378 e. The molecule has 0 spiro atoms. The lowest BCUT2D eigenvalue weighted by Gasteiger charge is -2.31. The Balaban J connectivity index is 1.80. The first-order chi connectivity index (χ1) is 13.2. The maximum Gasteiger partial charge on any atom is 0.349 e. The molecule has 0 bridgehead atoms. The minimum absolute atomic E-state index is 0.189. The number of allylic oxidation sites excluding steroid dienone is 3. The highest BCUT2D eigenvalue weighted by Crippen LogP contribution is 2.35. The molecule has 1 fully saturated rings. The summed E-state index contributed by atoms with van der Waals surface area (Å²) in [5.41, 5.74) is 1.000. The molecule has 0 amide bonds. The minimum Gasteiger partial charge on any atom is -0.378 e. The average molecular weight is 368 g/mol. The van der Waals surface area contributed by atoms with Gasteiger partial charge >= 0.3 is 5.97 Å². The van der Waals surface area contributed by atoms with Gasteiger partial charge in [0.1, 0.15) is 11.6 Å². The lowest BCUT2D eigenvalue weighted by atomic mass is 9.75. The molecule has 27 heavy (non-hydrogen) atoms. The lowest BCUT2D eigenvalue weighted by molar-refractivity contribution is -0.148. The van der Waals surface area contributed by atoms with Crippen molar-refractivity contribution in [3.8, 4) is 0 Å². The maximum atomic E-state index is 12.8. The Hall–Kier alpha value is -2.73. The molecule has 1 unspecified atom stereocenters. The number of morpholine rings is 1. The first-order valence-corrected chi connectivity index (χ1v) is 9.21. The third-order valence-corrected chi connectivity index (χ3v) is 4.87. The highest BCUT2D eigenvalue weighted by Gasteiger charge is 2.40. The molecule has 2 aliphatic rings. The number of nitrogens with zero attached hydrogens (tertiary/aromatic N) is 2. The number of carbonyl (C=O) groups is 2. The molecule has 1 heterocycles. The van der Waals surface area contributed by atoms with Gasteiger partial charge in [-0.05, 0) is 24.1 Å². The van der Waals surface area contributed by atoms with E-state index in [1.807, 2.05) is 48.6 Å². The van der Waals surface area contributed by atoms with Crippen LogP contribution in [0, 0.1) is 0 Å². The second-order valence-corrected chi connectivity index (χ2v) is 6.54. The number of hydrogen-bond acceptors (Lipinski definition) is 6. The van der Waals surface area contributed by atoms with Crippen LogP contribution in [0.15, 0.2) is 53.7 Å². The van der Waals surface area contributed by atoms with Crippen LogP contribution in [0.2, 0.25) is 0 Å². The van der Waals surface area contributed by atoms with Gasteiger partial charge in [-0.2, -0.15) is 0 Å². The fourth-order valence-electron chi connectivity index (χ4n) is 3.20. The summed E-state index contributed by atoms with van der Waals surface area (Å²) < 4.78 is 5.39. The van der Waals surface area contributed by atoms with Crippen molar-refractivity contribution in [2.75, 3.05) is 31.2 Å². The van der Waals surface area contributed by atoms with Crippen LogP contribution in [0.1, 0.15) is 25.3 Å². The van der Waals surface area contributed by atoms with Crippen LogP contribution in [-0.2, 0) is 24.6 Å². The van der Waals surface area contributed by atoms with E-state index in [1.54, 1.807) is 6.92 Å². The summed E-state index contributed by atoms with van der Waals surface area (Å²) in [5.74, 6) is -0.687. The molecule has 1 aliphatic heterocycles. The fraction of sp³-hybridized carbons (Fsp3) is 0.381. The topological polar surface area (TPSA) is 68.2 Å². The molecule has 1 aromatic carbocycles. The summed E-state index contributed by atoms with van der Waals surface area (Å²) in [6, 6.07) is 7.95. The van der Waals surface area contributed by atoms with E-state index in [0.717, 1.165) is 43.8 Å². The van der Waals surface area contributed by atoms with Crippen LogP contribution in [0.25, 0.3) is 0 Å². The summed E-state index contributed by atoms with van der Waals surface area (Å²) in [6.07, 6.45) is 9.34. The second kappa shape index (κ2) is 8.77. The Morgan fingerprint density at radius 1 is 1.22 bits per heavy atom. The molecule has 0 N–H and O–H groups in total. The van der Waals surface area contributed by atoms with Crippen molar-refractivity contribution in [3.05, 3.63) is 54.1 Å². The highest BCUT2D eigenvalue weighted by atomic mass is 16.7. The van der Waals surface area contributed by atoms with Crippen LogP contribution >= 0.6 is 0 Å². The van der Waals surface area contributed by atoms with Crippen molar-refractivity contribution in [3.63, 3.8) is 0 Å². The number of Topliss-reactive ketones (excluding diaryl/α,β-unsaturated/α-hetero) is 1. The Labute approximate surface area is 159 Å². The first kappa shape index (κ1) is 19.0. The molecular weight excluding hydrogens is 344 g/mol. The Morgan fingerprint density at radius 3 is 2.59 bits per heavy atom. The number of rotatable bonds is 6. The molecule has 142 valence electrons. The zero-order chi connectivity index (χ0) is 19.1. The SMILES string of the molecule is CCC(=O)C=NOC(=O)C1(c2ccc(N3CCOCC3)cc2)C=CC=CC1. The van der Waals surface area contributed by atoms with Gasteiger partial charge in [-0.15, -0.1) is 0 Å². The van der Waals surface area contributed by atoms with Gasteiger partial charge in [-0.3, -0.25) is 4.79 Å². The predicted octanol–water partition coefficient (Wildman–Crippen LogP) is 2.79. The van der Waals surface area contributed by atoms with Gasteiger partial charge in [0.25, 0.3) is 0 Å². The molecular formula is C21H24N2O4. The van der Waals surface area contributed by atoms with E-state index in [1.165, 1.54) is 0 Å². The average Bonchev–Trinajstić information content (AvgIpc) is 2.74. The van der Waals surface area contributed by atoms with Crippen LogP contribution in [0.4, 0.5) is 5.69 Å². The third kappa shape index (κ3) is 4.34. The predicted molar refractivity (Wildman–Crippen MR) is 104 cm³/mol. The van der Waals surface area contributed by atoms with Crippen molar-refractivity contribution in [1.29, 1.82) is 0 Å². The number of ether oxygens (including phenoxy) is 1. The molecule has 3 rings (SSSR count). The van der Waals surface area contributed by atoms with Crippen molar-refractivity contribution in [1.82, 2.24) is 0 Å². The van der Waals surface area contributed by atoms with E-state index in [0.29, 0.717) is 12.8 Å². The van der Waals surface area contributed by atoms with Gasteiger partial charge in [0.05, 0.1) is 13.2 Å². The molecule has 0 saturated carbocycles. The quantitative estimate of drug-likeness (QED) is 0.439. The Kier molecular flexibility index (Phi) is 6.19. The van der Waals surface area contributed by atoms with Crippen LogP contribution < -0.4 is 4.90 Å². The standard InChI is InChI=1S/C21H24N2O4/c1-2-19(24)16-22-27-20(25)21(10-4-3-5-11-21)17-6-8-18(9-7-17)23-12-14-26-15-13-23/h3-10,16H,2,11-15H2,1H3. The molecule has 0 radical (unpaired) electrons. The molecule has 1 atom stereocenters. The lowest BCUT2D eigenvalue weighted by Crippen LogP contribution is -2.37. The van der Waals surface area contributed by atoms with E-state index >= 15 is 0 Å². The van der Waals surface area contributed by atoms with Gasteiger partial charge in [0.15, 0.2) is 5.78 Å². The van der Waals surface area contributed by atoms with Crippen LogP contribution in [-0.4, -0.2) is 44.3 Å². The number of carbonyl (C=O) groups excluding carboxylic acids is 2. The van der Waals surface area contributed by atoms with E-state index < -0.39 is 11.4 Å². The summed E-state index contributed by atoms with van der Waals surface area (Å²) in [7, 11) is 0. The molecule has 1 aromatic rings. The van der Waals surface area contributed by atoms with Crippen LogP contribution in [0.5, 0.6) is 0 Å². The molecule has 6 heteroatoms.